The van der Waals surface area contributed by atoms with E-state index in [2.05, 4.69) is 14.9 Å². The zero-order valence-electron chi connectivity index (χ0n) is 24.1. The summed E-state index contributed by atoms with van der Waals surface area (Å²) in [6, 6.07) is 5.56. The molecule has 10 nitrogen and oxygen atoms in total. The van der Waals surface area contributed by atoms with Crippen molar-refractivity contribution in [2.24, 2.45) is 0 Å². The number of hydrogen-bond donors (Lipinski definition) is 0. The lowest BCUT2D eigenvalue weighted by Crippen LogP contribution is -2.49. The van der Waals surface area contributed by atoms with Crippen LogP contribution in [0.2, 0.25) is 0 Å². The molecule has 40 heavy (non-hydrogen) atoms. The van der Waals surface area contributed by atoms with Crippen molar-refractivity contribution in [3.8, 4) is 11.5 Å². The maximum absolute atomic E-state index is 13.3. The van der Waals surface area contributed by atoms with Crippen LogP contribution in [0.3, 0.4) is 0 Å². The molecule has 0 atom stereocenters. The molecule has 5 heterocycles. The average molecular weight is 550 g/mol. The standard InChI is InChI=1S/C30H39N5O5/c1-20-14-24-28(32-17-20)21(2)15-27(36)34(24)11-10-33-8-6-23(7-9-33)35(29(37)40-30(3,4)5)19-22-16-25-26(18-31-22)39-13-12-38-25/h14-18,23H,6-13,19H2,1-5H3. The Labute approximate surface area is 234 Å². The molecule has 0 bridgehead atoms. The van der Waals surface area contributed by atoms with Gasteiger partial charge >= 0.3 is 6.09 Å². The lowest BCUT2D eigenvalue weighted by atomic mass is 10.0. The maximum Gasteiger partial charge on any atom is 0.410 e. The monoisotopic (exact) mass is 549 g/mol. The first-order chi connectivity index (χ1) is 19.1. The molecule has 5 rings (SSSR count). The highest BCUT2D eigenvalue weighted by molar-refractivity contribution is 5.78. The minimum atomic E-state index is -0.604. The average Bonchev–Trinajstić information content (AvgIpc) is 2.91. The Bertz CT molecular complexity index is 1440. The Morgan fingerprint density at radius 2 is 1.75 bits per heavy atom. The number of likely N-dealkylation sites (tertiary alicyclic amines) is 1. The Kier molecular flexibility index (Phi) is 7.98. The summed E-state index contributed by atoms with van der Waals surface area (Å²) >= 11 is 0. The molecule has 2 aliphatic heterocycles. The van der Waals surface area contributed by atoms with Gasteiger partial charge < -0.3 is 23.7 Å². The third-order valence-corrected chi connectivity index (χ3v) is 7.36. The van der Waals surface area contributed by atoms with Crippen molar-refractivity contribution < 1.29 is 19.0 Å². The minimum Gasteiger partial charge on any atom is -0.486 e. The number of fused-ring (bicyclic) bond motifs is 2. The van der Waals surface area contributed by atoms with Gasteiger partial charge in [-0.3, -0.25) is 19.7 Å². The van der Waals surface area contributed by atoms with Crippen LogP contribution in [0, 0.1) is 13.8 Å². The fourth-order valence-electron chi connectivity index (χ4n) is 5.35. The van der Waals surface area contributed by atoms with E-state index in [1.54, 1.807) is 17.2 Å². The highest BCUT2D eigenvalue weighted by Gasteiger charge is 2.32. The smallest absolute Gasteiger partial charge is 0.410 e. The number of pyridine rings is 3. The Morgan fingerprint density at radius 1 is 1.02 bits per heavy atom. The molecule has 0 radical (unpaired) electrons. The fourth-order valence-corrected chi connectivity index (χ4v) is 5.35. The van der Waals surface area contributed by atoms with Gasteiger partial charge in [0, 0.05) is 50.6 Å². The van der Waals surface area contributed by atoms with Gasteiger partial charge in [0.05, 0.1) is 29.5 Å². The molecular formula is C30H39N5O5. The predicted octanol–water partition coefficient (Wildman–Crippen LogP) is 4.08. The molecule has 1 saturated heterocycles. The molecule has 2 aliphatic rings. The molecule has 1 fully saturated rings. The van der Waals surface area contributed by atoms with Gasteiger partial charge in [0.2, 0.25) is 0 Å². The van der Waals surface area contributed by atoms with Crippen LogP contribution >= 0.6 is 0 Å². The topological polar surface area (TPSA) is 99.0 Å². The summed E-state index contributed by atoms with van der Waals surface area (Å²) in [5.74, 6) is 1.28. The highest BCUT2D eigenvalue weighted by atomic mass is 16.6. The van der Waals surface area contributed by atoms with E-state index in [4.69, 9.17) is 14.2 Å². The summed E-state index contributed by atoms with van der Waals surface area (Å²) in [6.07, 6.45) is 4.75. The second kappa shape index (κ2) is 11.4. The number of hydrogen-bond acceptors (Lipinski definition) is 8. The van der Waals surface area contributed by atoms with Crippen LogP contribution < -0.4 is 15.0 Å². The van der Waals surface area contributed by atoms with E-state index in [0.717, 1.165) is 60.3 Å². The summed E-state index contributed by atoms with van der Waals surface area (Å²) in [5, 5.41) is 0. The molecule has 10 heteroatoms. The predicted molar refractivity (Wildman–Crippen MR) is 152 cm³/mol. The van der Waals surface area contributed by atoms with Crippen LogP contribution in [0.15, 0.2) is 35.4 Å². The van der Waals surface area contributed by atoms with E-state index in [-0.39, 0.29) is 17.7 Å². The van der Waals surface area contributed by atoms with Crippen molar-refractivity contribution >= 4 is 17.1 Å². The van der Waals surface area contributed by atoms with Crippen LogP contribution in [0.1, 0.15) is 50.4 Å². The van der Waals surface area contributed by atoms with Crippen LogP contribution in [0.4, 0.5) is 4.79 Å². The number of nitrogens with zero attached hydrogens (tertiary/aromatic N) is 5. The molecule has 3 aromatic rings. The van der Waals surface area contributed by atoms with Crippen molar-refractivity contribution in [2.45, 2.75) is 72.2 Å². The van der Waals surface area contributed by atoms with Gasteiger partial charge in [0.15, 0.2) is 11.5 Å². The summed E-state index contributed by atoms with van der Waals surface area (Å²) in [5.41, 5.74) is 3.79. The van der Waals surface area contributed by atoms with E-state index in [0.29, 0.717) is 37.8 Å². The normalized spacial score (nSPS) is 16.2. The van der Waals surface area contributed by atoms with Gasteiger partial charge in [0.25, 0.3) is 5.56 Å². The lowest BCUT2D eigenvalue weighted by Gasteiger charge is -2.39. The van der Waals surface area contributed by atoms with Crippen molar-refractivity contribution in [3.63, 3.8) is 0 Å². The van der Waals surface area contributed by atoms with Gasteiger partial charge in [-0.05, 0) is 64.7 Å². The molecular weight excluding hydrogens is 510 g/mol. The van der Waals surface area contributed by atoms with Crippen molar-refractivity contribution in [2.75, 3.05) is 32.8 Å². The number of carbonyl (C=O) groups excluding carboxylic acids is 1. The van der Waals surface area contributed by atoms with Gasteiger partial charge in [-0.2, -0.15) is 0 Å². The van der Waals surface area contributed by atoms with E-state index >= 15 is 0 Å². The quantitative estimate of drug-likeness (QED) is 0.454. The van der Waals surface area contributed by atoms with Crippen molar-refractivity contribution in [3.05, 3.63) is 57.8 Å². The van der Waals surface area contributed by atoms with Gasteiger partial charge in [-0.1, -0.05) is 0 Å². The first-order valence-electron chi connectivity index (χ1n) is 14.0. The maximum atomic E-state index is 13.3. The van der Waals surface area contributed by atoms with E-state index in [9.17, 15) is 9.59 Å². The second-order valence-corrected chi connectivity index (χ2v) is 11.7. The SMILES string of the molecule is Cc1cnc2c(C)cc(=O)n(CCN3CCC(N(Cc4cc5c(cn4)OCCO5)C(=O)OC(C)(C)C)CC3)c2c1. The Hall–Kier alpha value is -3.66. The Morgan fingerprint density at radius 3 is 2.48 bits per heavy atom. The Balaban J connectivity index is 1.26. The molecule has 0 saturated carbocycles. The fraction of sp³-hybridized carbons (Fsp3) is 0.533. The second-order valence-electron chi connectivity index (χ2n) is 11.7. The van der Waals surface area contributed by atoms with Gasteiger partial charge in [-0.25, -0.2) is 4.79 Å². The number of aromatic nitrogens is 3. The van der Waals surface area contributed by atoms with E-state index in [1.165, 1.54) is 0 Å². The molecule has 0 aliphatic carbocycles. The summed E-state index contributed by atoms with van der Waals surface area (Å²) in [6.45, 7) is 13.8. The first kappa shape index (κ1) is 27.9. The largest absolute Gasteiger partial charge is 0.486 e. The summed E-state index contributed by atoms with van der Waals surface area (Å²) < 4.78 is 18.9. The molecule has 0 N–H and O–H groups in total. The van der Waals surface area contributed by atoms with E-state index in [1.807, 2.05) is 57.5 Å². The van der Waals surface area contributed by atoms with Crippen molar-refractivity contribution in [1.29, 1.82) is 0 Å². The van der Waals surface area contributed by atoms with Crippen LogP contribution in [0.5, 0.6) is 11.5 Å². The van der Waals surface area contributed by atoms with E-state index < -0.39 is 5.60 Å². The number of carbonyl (C=O) groups is 1. The minimum absolute atomic E-state index is 0.00434. The number of piperidine rings is 1. The number of aryl methyl sites for hydroxylation is 2. The number of amides is 1. The van der Waals surface area contributed by atoms with Gasteiger partial charge in [-0.15, -0.1) is 0 Å². The first-order valence-corrected chi connectivity index (χ1v) is 14.0. The van der Waals surface area contributed by atoms with Crippen LogP contribution in [-0.2, 0) is 17.8 Å². The zero-order chi connectivity index (χ0) is 28.4. The zero-order valence-corrected chi connectivity index (χ0v) is 24.1. The highest BCUT2D eigenvalue weighted by Crippen LogP contribution is 2.30. The van der Waals surface area contributed by atoms with Crippen molar-refractivity contribution in [1.82, 2.24) is 24.3 Å². The molecule has 1 amide bonds. The van der Waals surface area contributed by atoms with Crippen LogP contribution in [-0.4, -0.2) is 74.9 Å². The lowest BCUT2D eigenvalue weighted by molar-refractivity contribution is 0.00529. The molecule has 214 valence electrons. The summed E-state index contributed by atoms with van der Waals surface area (Å²) in [7, 11) is 0. The van der Waals surface area contributed by atoms with Crippen LogP contribution in [0.25, 0.3) is 11.0 Å². The number of ether oxygens (including phenoxy) is 3. The molecule has 0 spiro atoms. The third-order valence-electron chi connectivity index (χ3n) is 7.36. The van der Waals surface area contributed by atoms with Gasteiger partial charge in [0.1, 0.15) is 18.8 Å². The molecule has 0 unspecified atom stereocenters. The molecule has 3 aromatic heterocycles. The molecule has 0 aromatic carbocycles. The number of rotatable bonds is 6. The summed E-state index contributed by atoms with van der Waals surface area (Å²) in [4.78, 5) is 39.4. The third kappa shape index (κ3) is 6.38.